The van der Waals surface area contributed by atoms with Crippen molar-refractivity contribution in [3.05, 3.63) is 58.0 Å². The van der Waals surface area contributed by atoms with Crippen LogP contribution >= 0.6 is 67.8 Å². The van der Waals surface area contributed by atoms with E-state index in [0.717, 1.165) is 25.3 Å². The minimum atomic E-state index is -1.23. The first-order valence-corrected chi connectivity index (χ1v) is 8.93. The zero-order valence-electron chi connectivity index (χ0n) is 10.6. The molecule has 22 heavy (non-hydrogen) atoms. The molecule has 0 aromatic heterocycles. The van der Waals surface area contributed by atoms with Crippen LogP contribution in [0.1, 0.15) is 20.7 Å². The number of halogens is 4. The molecule has 1 N–H and O–H groups in total. The third-order valence-corrected chi connectivity index (χ3v) is 6.26. The topological polar surface area (TPSA) is 63.6 Å². The van der Waals surface area contributed by atoms with Gasteiger partial charge in [0.15, 0.2) is 11.6 Å². The van der Waals surface area contributed by atoms with Crippen LogP contribution in [0, 0.1) is 16.5 Å². The van der Waals surface area contributed by atoms with Gasteiger partial charge in [-0.2, -0.15) is 0 Å². The second-order valence-corrected chi connectivity index (χ2v) is 7.58. The predicted octanol–water partition coefficient (Wildman–Crippen LogP) is 4.56. The average molecular weight is 638 g/mol. The largest absolute Gasteiger partial charge is 0.478 e. The number of esters is 1. The predicted molar refractivity (Wildman–Crippen MR) is 103 cm³/mol. The summed E-state index contributed by atoms with van der Waals surface area (Å²) in [5.41, 5.74) is 0.146. The lowest BCUT2D eigenvalue weighted by Gasteiger charge is -2.09. The molecule has 0 amide bonds. The van der Waals surface area contributed by atoms with E-state index >= 15 is 0 Å². The Morgan fingerprint density at radius 2 is 1.77 bits per heavy atom. The van der Waals surface area contributed by atoms with E-state index < -0.39 is 23.5 Å². The van der Waals surface area contributed by atoms with Crippen molar-refractivity contribution in [3.8, 4) is 5.75 Å². The van der Waals surface area contributed by atoms with Gasteiger partial charge in [0.05, 0.1) is 11.1 Å². The molecule has 114 valence electrons. The number of aromatic carboxylic acids is 1. The fourth-order valence-corrected chi connectivity index (χ4v) is 3.95. The molecule has 0 aliphatic carbocycles. The molecular formula is C14H6FI3O4. The van der Waals surface area contributed by atoms with E-state index in [-0.39, 0.29) is 5.56 Å². The first-order chi connectivity index (χ1) is 10.3. The molecule has 0 aliphatic heterocycles. The van der Waals surface area contributed by atoms with E-state index in [0.29, 0.717) is 9.13 Å². The normalized spacial score (nSPS) is 10.4. The zero-order valence-corrected chi connectivity index (χ0v) is 17.0. The van der Waals surface area contributed by atoms with Gasteiger partial charge in [0, 0.05) is 10.7 Å². The summed E-state index contributed by atoms with van der Waals surface area (Å²) in [6.07, 6.45) is 0. The molecule has 0 unspecified atom stereocenters. The number of carboxylic acids is 1. The molecule has 0 atom stereocenters. The van der Waals surface area contributed by atoms with Crippen LogP contribution in [0.25, 0.3) is 0 Å². The third-order valence-electron chi connectivity index (χ3n) is 2.59. The lowest BCUT2D eigenvalue weighted by atomic mass is 10.2. The van der Waals surface area contributed by atoms with E-state index in [2.05, 4.69) is 45.2 Å². The Kier molecular flexibility index (Phi) is 5.99. The smallest absolute Gasteiger partial charge is 0.344 e. The van der Waals surface area contributed by atoms with Gasteiger partial charge in [-0.05, 0) is 98.1 Å². The fraction of sp³-hybridized carbons (Fsp3) is 0. The number of carbonyl (C=O) groups is 2. The second kappa shape index (κ2) is 7.38. The van der Waals surface area contributed by atoms with Crippen LogP contribution in [0.2, 0.25) is 0 Å². The maximum atomic E-state index is 13.7. The third kappa shape index (κ3) is 4.07. The molecule has 2 aromatic rings. The van der Waals surface area contributed by atoms with E-state index in [9.17, 15) is 14.0 Å². The Labute approximate surface area is 165 Å². The van der Waals surface area contributed by atoms with Crippen molar-refractivity contribution in [1.82, 2.24) is 0 Å². The number of ether oxygens (including phenoxy) is 1. The van der Waals surface area contributed by atoms with Crippen LogP contribution < -0.4 is 4.74 Å². The number of hydrogen-bond donors (Lipinski definition) is 1. The molecule has 0 fully saturated rings. The highest BCUT2D eigenvalue weighted by atomic mass is 127. The van der Waals surface area contributed by atoms with Crippen LogP contribution in [0.15, 0.2) is 30.3 Å². The second-order valence-electron chi connectivity index (χ2n) is 4.09. The average Bonchev–Trinajstić information content (AvgIpc) is 2.44. The quantitative estimate of drug-likeness (QED) is 0.232. The molecule has 2 aromatic carbocycles. The van der Waals surface area contributed by atoms with Crippen LogP contribution in [0.3, 0.4) is 0 Å². The highest BCUT2D eigenvalue weighted by molar-refractivity contribution is 14.1. The molecule has 0 aliphatic rings. The van der Waals surface area contributed by atoms with Gasteiger partial charge in [0.1, 0.15) is 0 Å². The van der Waals surface area contributed by atoms with Crippen molar-refractivity contribution < 1.29 is 23.8 Å². The molecule has 0 saturated carbocycles. The first kappa shape index (κ1) is 17.8. The van der Waals surface area contributed by atoms with Crippen LogP contribution in [0.5, 0.6) is 5.75 Å². The lowest BCUT2D eigenvalue weighted by molar-refractivity contribution is 0.0685. The molecule has 0 bridgehead atoms. The molecule has 0 spiro atoms. The summed E-state index contributed by atoms with van der Waals surface area (Å²) in [5.74, 6) is -3.17. The maximum absolute atomic E-state index is 13.7. The molecular weight excluding hydrogens is 632 g/mol. The molecule has 8 heteroatoms. The van der Waals surface area contributed by atoms with Gasteiger partial charge in [0.25, 0.3) is 0 Å². The summed E-state index contributed by atoms with van der Waals surface area (Å²) in [4.78, 5) is 23.1. The van der Waals surface area contributed by atoms with Crippen LogP contribution in [-0.4, -0.2) is 17.0 Å². The van der Waals surface area contributed by atoms with Gasteiger partial charge in [0.2, 0.25) is 0 Å². The highest BCUT2D eigenvalue weighted by Crippen LogP contribution is 2.25. The van der Waals surface area contributed by atoms with Crippen molar-refractivity contribution in [2.45, 2.75) is 0 Å². The van der Waals surface area contributed by atoms with Gasteiger partial charge in [-0.3, -0.25) is 0 Å². The van der Waals surface area contributed by atoms with Crippen molar-refractivity contribution in [2.75, 3.05) is 0 Å². The number of hydrogen-bond acceptors (Lipinski definition) is 3. The Hall–Kier alpha value is -0.500. The Morgan fingerprint density at radius 3 is 2.41 bits per heavy atom. The van der Waals surface area contributed by atoms with Crippen molar-refractivity contribution in [2.24, 2.45) is 0 Å². The van der Waals surface area contributed by atoms with Crippen molar-refractivity contribution >= 4 is 79.7 Å². The molecule has 4 nitrogen and oxygen atoms in total. The summed E-state index contributed by atoms with van der Waals surface area (Å²) in [5, 5.41) is 8.90. The molecule has 2 rings (SSSR count). The zero-order chi connectivity index (χ0) is 16.4. The first-order valence-electron chi connectivity index (χ1n) is 5.69. The van der Waals surface area contributed by atoms with E-state index in [1.54, 1.807) is 6.07 Å². The van der Waals surface area contributed by atoms with E-state index in [4.69, 9.17) is 9.84 Å². The van der Waals surface area contributed by atoms with Crippen molar-refractivity contribution in [3.63, 3.8) is 0 Å². The number of rotatable bonds is 3. The Morgan fingerprint density at radius 1 is 1.09 bits per heavy atom. The van der Waals surface area contributed by atoms with Crippen molar-refractivity contribution in [1.29, 1.82) is 0 Å². The van der Waals surface area contributed by atoms with Crippen LogP contribution in [-0.2, 0) is 0 Å². The van der Waals surface area contributed by atoms with Gasteiger partial charge in [-0.25, -0.2) is 14.0 Å². The fourth-order valence-electron chi connectivity index (χ4n) is 1.57. The summed E-state index contributed by atoms with van der Waals surface area (Å²) in [7, 11) is 0. The minimum absolute atomic E-state index is 0.156. The maximum Gasteiger partial charge on any atom is 0.344 e. The number of carbonyl (C=O) groups excluding carboxylic acids is 1. The number of benzene rings is 2. The van der Waals surface area contributed by atoms with Gasteiger partial charge in [-0.15, -0.1) is 0 Å². The SMILES string of the molecule is O=C(O)c1ccc(F)c(OC(=O)c2cc(I)cc(I)c2I)c1. The lowest BCUT2D eigenvalue weighted by Crippen LogP contribution is -2.13. The van der Waals surface area contributed by atoms with Gasteiger partial charge in [-0.1, -0.05) is 0 Å². The summed E-state index contributed by atoms with van der Waals surface area (Å²) in [6.45, 7) is 0. The molecule has 0 saturated heterocycles. The van der Waals surface area contributed by atoms with E-state index in [1.165, 1.54) is 0 Å². The summed E-state index contributed by atoms with van der Waals surface area (Å²) in [6, 6.07) is 6.57. The van der Waals surface area contributed by atoms with Gasteiger partial charge < -0.3 is 9.84 Å². The summed E-state index contributed by atoms with van der Waals surface area (Å²) >= 11 is 6.16. The Bertz CT molecular complexity index is 777. The molecule has 0 heterocycles. The van der Waals surface area contributed by atoms with E-state index in [1.807, 2.05) is 28.7 Å². The molecule has 0 radical (unpaired) electrons. The monoisotopic (exact) mass is 638 g/mol. The van der Waals surface area contributed by atoms with Crippen LogP contribution in [0.4, 0.5) is 4.39 Å². The highest BCUT2D eigenvalue weighted by Gasteiger charge is 2.18. The minimum Gasteiger partial charge on any atom is -0.478 e. The Balaban J connectivity index is 2.37. The summed E-state index contributed by atoms with van der Waals surface area (Å²) < 4.78 is 21.1. The van der Waals surface area contributed by atoms with Gasteiger partial charge >= 0.3 is 11.9 Å². The standard InChI is InChI=1S/C14H6FI3O4/c15-9-2-1-6(13(19)20)3-11(9)22-14(21)8-4-7(16)5-10(17)12(8)18/h1-5H,(H,19,20). The number of carboxylic acid groups (broad SMARTS) is 1.